The van der Waals surface area contributed by atoms with Gasteiger partial charge in [0.1, 0.15) is 6.10 Å². The maximum absolute atomic E-state index is 13.1. The van der Waals surface area contributed by atoms with Crippen LogP contribution in [0, 0.1) is 11.8 Å². The van der Waals surface area contributed by atoms with E-state index in [1.165, 1.54) is 11.6 Å². The van der Waals surface area contributed by atoms with Crippen LogP contribution in [0.3, 0.4) is 0 Å². The second-order valence-corrected chi connectivity index (χ2v) is 8.37. The summed E-state index contributed by atoms with van der Waals surface area (Å²) in [6.07, 6.45) is -1.47. The third-order valence-electron chi connectivity index (χ3n) is 6.07. The molecule has 0 N–H and O–H groups in total. The summed E-state index contributed by atoms with van der Waals surface area (Å²) in [5.74, 6) is 1.38. The van der Waals surface area contributed by atoms with Gasteiger partial charge in [0.05, 0.1) is 12.2 Å². The van der Waals surface area contributed by atoms with Crippen LogP contribution in [0.2, 0.25) is 0 Å². The zero-order valence-corrected chi connectivity index (χ0v) is 17.2. The normalized spacial score (nSPS) is 24.1. The highest BCUT2D eigenvalue weighted by Gasteiger charge is 2.44. The fraction of sp³-hybridized carbons (Fsp3) is 0.500. The molecule has 6 heteroatoms. The van der Waals surface area contributed by atoms with E-state index in [9.17, 15) is 13.2 Å². The van der Waals surface area contributed by atoms with Gasteiger partial charge in [0, 0.05) is 31.5 Å². The lowest BCUT2D eigenvalue weighted by atomic mass is 9.94. The minimum Gasteiger partial charge on any atom is -0.490 e. The van der Waals surface area contributed by atoms with Gasteiger partial charge in [-0.1, -0.05) is 37.3 Å². The number of nitrogens with zero attached hydrogens (tertiary/aromatic N) is 1. The molecule has 2 aromatic carbocycles. The molecular formula is C24H28F3NO2. The molecule has 1 aliphatic carbocycles. The highest BCUT2D eigenvalue weighted by molar-refractivity contribution is 5.44. The molecule has 4 rings (SSSR count). The van der Waals surface area contributed by atoms with E-state index in [0.29, 0.717) is 24.2 Å². The minimum atomic E-state index is -4.40. The SMILES string of the molecule is CCCOc1cc(C(F)(F)F)ccc1OC1[C@@H]2CC[C@H]1CN(Cc1ccccc1)C2. The highest BCUT2D eigenvalue weighted by atomic mass is 19.4. The van der Waals surface area contributed by atoms with Crippen LogP contribution < -0.4 is 9.47 Å². The molecule has 30 heavy (non-hydrogen) atoms. The summed E-state index contributed by atoms with van der Waals surface area (Å²) in [5.41, 5.74) is 0.593. The number of benzene rings is 2. The number of halogens is 3. The molecule has 2 fully saturated rings. The third kappa shape index (κ3) is 4.75. The smallest absolute Gasteiger partial charge is 0.416 e. The van der Waals surface area contributed by atoms with Crippen molar-refractivity contribution in [1.29, 1.82) is 0 Å². The van der Waals surface area contributed by atoms with Crippen molar-refractivity contribution in [1.82, 2.24) is 4.90 Å². The highest BCUT2D eigenvalue weighted by Crippen LogP contribution is 2.43. The number of hydrogen-bond donors (Lipinski definition) is 0. The standard InChI is InChI=1S/C24H28F3NO2/c1-2-12-29-22-13-20(24(25,26)27)10-11-21(22)30-23-18-8-9-19(23)16-28(15-18)14-17-6-4-3-5-7-17/h3-7,10-11,13,18-19,23H,2,8-9,12,14-16H2,1H3/t18-,19+,23?. The fourth-order valence-corrected chi connectivity index (χ4v) is 4.69. The van der Waals surface area contributed by atoms with Gasteiger partial charge in [-0.05, 0) is 43.0 Å². The Kier molecular flexibility index (Phi) is 6.23. The molecule has 3 nitrogen and oxygen atoms in total. The van der Waals surface area contributed by atoms with Gasteiger partial charge in [-0.15, -0.1) is 0 Å². The monoisotopic (exact) mass is 419 g/mol. The molecule has 0 radical (unpaired) electrons. The zero-order valence-electron chi connectivity index (χ0n) is 17.2. The Morgan fingerprint density at radius 1 is 0.967 bits per heavy atom. The molecule has 1 heterocycles. The predicted octanol–water partition coefficient (Wildman–Crippen LogP) is 5.78. The Morgan fingerprint density at radius 2 is 1.67 bits per heavy atom. The number of alkyl halides is 3. The first-order valence-electron chi connectivity index (χ1n) is 10.7. The Labute approximate surface area is 175 Å². The molecule has 0 aromatic heterocycles. The number of likely N-dealkylation sites (tertiary alicyclic amines) is 1. The minimum absolute atomic E-state index is 0.0257. The molecule has 3 atom stereocenters. The van der Waals surface area contributed by atoms with Gasteiger partial charge in [-0.25, -0.2) is 0 Å². The molecule has 2 bridgehead atoms. The van der Waals surface area contributed by atoms with Crippen molar-refractivity contribution < 1.29 is 22.6 Å². The topological polar surface area (TPSA) is 21.7 Å². The lowest BCUT2D eigenvalue weighted by Crippen LogP contribution is -2.46. The maximum atomic E-state index is 13.1. The van der Waals surface area contributed by atoms with Gasteiger partial charge in [0.2, 0.25) is 0 Å². The van der Waals surface area contributed by atoms with Crippen LogP contribution in [0.15, 0.2) is 48.5 Å². The molecule has 2 aromatic rings. The van der Waals surface area contributed by atoms with Crippen LogP contribution in [-0.4, -0.2) is 30.7 Å². The van der Waals surface area contributed by atoms with Gasteiger partial charge >= 0.3 is 6.18 Å². The second kappa shape index (κ2) is 8.88. The number of ether oxygens (including phenoxy) is 2. The molecule has 1 unspecified atom stereocenters. The number of rotatable bonds is 7. The molecular weight excluding hydrogens is 391 g/mol. The van der Waals surface area contributed by atoms with E-state index in [0.717, 1.165) is 51.0 Å². The summed E-state index contributed by atoms with van der Waals surface area (Å²) < 4.78 is 51.3. The van der Waals surface area contributed by atoms with E-state index in [-0.39, 0.29) is 11.9 Å². The van der Waals surface area contributed by atoms with Gasteiger partial charge < -0.3 is 9.47 Å². The Bertz CT molecular complexity index is 826. The van der Waals surface area contributed by atoms with Crippen LogP contribution in [0.25, 0.3) is 0 Å². The van der Waals surface area contributed by atoms with E-state index in [1.807, 2.05) is 13.0 Å². The first-order valence-corrected chi connectivity index (χ1v) is 10.7. The first-order chi connectivity index (χ1) is 14.4. The van der Waals surface area contributed by atoms with E-state index in [4.69, 9.17) is 9.47 Å². The summed E-state index contributed by atoms with van der Waals surface area (Å²) in [6, 6.07) is 14.0. The second-order valence-electron chi connectivity index (χ2n) is 8.37. The third-order valence-corrected chi connectivity index (χ3v) is 6.07. The molecule has 0 amide bonds. The largest absolute Gasteiger partial charge is 0.490 e. The zero-order chi connectivity index (χ0) is 21.1. The summed E-state index contributed by atoms with van der Waals surface area (Å²) in [7, 11) is 0. The van der Waals surface area contributed by atoms with E-state index < -0.39 is 11.7 Å². The van der Waals surface area contributed by atoms with Gasteiger partial charge in [-0.3, -0.25) is 4.90 Å². The molecule has 162 valence electrons. The van der Waals surface area contributed by atoms with E-state index in [2.05, 4.69) is 29.2 Å². The summed E-state index contributed by atoms with van der Waals surface area (Å²) in [5, 5.41) is 0. The molecule has 1 saturated carbocycles. The van der Waals surface area contributed by atoms with Crippen molar-refractivity contribution in [2.45, 2.75) is 45.0 Å². The Morgan fingerprint density at radius 3 is 2.30 bits per heavy atom. The van der Waals surface area contributed by atoms with Crippen molar-refractivity contribution in [3.8, 4) is 11.5 Å². The first kappa shape index (κ1) is 21.0. The lowest BCUT2D eigenvalue weighted by molar-refractivity contribution is -0.137. The quantitative estimate of drug-likeness (QED) is 0.568. The average molecular weight is 419 g/mol. The van der Waals surface area contributed by atoms with Crippen LogP contribution in [0.5, 0.6) is 11.5 Å². The molecule has 2 aliphatic rings. The maximum Gasteiger partial charge on any atom is 0.416 e. The number of fused-ring (bicyclic) bond motifs is 2. The van der Waals surface area contributed by atoms with Crippen molar-refractivity contribution >= 4 is 0 Å². The van der Waals surface area contributed by atoms with E-state index >= 15 is 0 Å². The van der Waals surface area contributed by atoms with E-state index in [1.54, 1.807) is 0 Å². The molecule has 1 aliphatic heterocycles. The van der Waals surface area contributed by atoms with Crippen LogP contribution >= 0.6 is 0 Å². The number of hydrogen-bond acceptors (Lipinski definition) is 3. The van der Waals surface area contributed by atoms with Crippen molar-refractivity contribution in [3.63, 3.8) is 0 Å². The predicted molar refractivity (Wildman–Crippen MR) is 110 cm³/mol. The van der Waals surface area contributed by atoms with Gasteiger partial charge in [0.25, 0.3) is 0 Å². The van der Waals surface area contributed by atoms with Gasteiger partial charge in [-0.2, -0.15) is 13.2 Å². The Hall–Kier alpha value is -2.21. The van der Waals surface area contributed by atoms with Crippen LogP contribution in [0.1, 0.15) is 37.3 Å². The summed E-state index contributed by atoms with van der Waals surface area (Å²) in [6.45, 7) is 5.10. The van der Waals surface area contributed by atoms with Gasteiger partial charge in [0.15, 0.2) is 11.5 Å². The average Bonchev–Trinajstić information content (AvgIpc) is 2.95. The van der Waals surface area contributed by atoms with Crippen molar-refractivity contribution in [2.75, 3.05) is 19.7 Å². The van der Waals surface area contributed by atoms with Crippen LogP contribution in [0.4, 0.5) is 13.2 Å². The lowest BCUT2D eigenvalue weighted by Gasteiger charge is -2.38. The summed E-state index contributed by atoms with van der Waals surface area (Å²) >= 11 is 0. The van der Waals surface area contributed by atoms with Crippen molar-refractivity contribution in [3.05, 3.63) is 59.7 Å². The summed E-state index contributed by atoms with van der Waals surface area (Å²) in [4.78, 5) is 2.47. The molecule has 1 saturated heterocycles. The number of piperidine rings is 1. The fourth-order valence-electron chi connectivity index (χ4n) is 4.69. The molecule has 0 spiro atoms. The van der Waals surface area contributed by atoms with Crippen LogP contribution in [-0.2, 0) is 12.7 Å². The Balaban J connectivity index is 1.47. The van der Waals surface area contributed by atoms with Crippen molar-refractivity contribution in [2.24, 2.45) is 11.8 Å².